The lowest BCUT2D eigenvalue weighted by atomic mass is 9.46. The number of epoxide rings is 2. The van der Waals surface area contributed by atoms with Crippen LogP contribution in [-0.4, -0.2) is 49.5 Å². The lowest BCUT2D eigenvalue weighted by Crippen LogP contribution is -2.60. The smallest absolute Gasteiger partial charge is 0.160 e. The molecule has 0 bridgehead atoms. The number of ether oxygens (including phenoxy) is 5. The molecular formula is C34H46O5. The van der Waals surface area contributed by atoms with Gasteiger partial charge in [0.25, 0.3) is 0 Å². The highest BCUT2D eigenvalue weighted by atomic mass is 16.7. The monoisotopic (exact) mass is 534 g/mol. The molecule has 39 heavy (non-hydrogen) atoms. The van der Waals surface area contributed by atoms with Crippen molar-refractivity contribution in [3.63, 3.8) is 0 Å². The van der Waals surface area contributed by atoms with Crippen molar-refractivity contribution in [2.45, 2.75) is 103 Å². The Labute approximate surface area is 233 Å². The maximum absolute atomic E-state index is 6.69. The van der Waals surface area contributed by atoms with Gasteiger partial charge in [-0.15, -0.1) is 0 Å². The van der Waals surface area contributed by atoms with Crippen molar-refractivity contribution in [2.24, 2.45) is 45.8 Å². The average molecular weight is 535 g/mol. The van der Waals surface area contributed by atoms with Crippen LogP contribution in [0, 0.1) is 45.8 Å². The molecule has 3 saturated carbocycles. The fraction of sp³-hybridized carbons (Fsp3) is 0.765. The van der Waals surface area contributed by atoms with E-state index in [1.165, 1.54) is 31.2 Å². The van der Waals surface area contributed by atoms with Crippen LogP contribution in [-0.2, 0) is 30.3 Å². The Hall–Kier alpha value is -1.24. The third-order valence-corrected chi connectivity index (χ3v) is 12.6. The first-order valence-electron chi connectivity index (χ1n) is 15.6. The molecule has 6 fully saturated rings. The third kappa shape index (κ3) is 3.49. The summed E-state index contributed by atoms with van der Waals surface area (Å²) in [6.45, 7) is 14.2. The molecule has 1 aromatic carbocycles. The minimum Gasteiger partial charge on any atom is -0.368 e. The van der Waals surface area contributed by atoms with Crippen LogP contribution in [0.15, 0.2) is 42.5 Å². The fourth-order valence-corrected chi connectivity index (χ4v) is 10.5. The summed E-state index contributed by atoms with van der Waals surface area (Å²) in [6, 6.07) is 10.5. The van der Waals surface area contributed by atoms with Gasteiger partial charge in [-0.05, 0) is 60.3 Å². The molecule has 3 aliphatic heterocycles. The summed E-state index contributed by atoms with van der Waals surface area (Å²) in [7, 11) is 0. The normalized spacial score (nSPS) is 51.6. The summed E-state index contributed by atoms with van der Waals surface area (Å²) in [6.07, 6.45) is 10.6. The van der Waals surface area contributed by atoms with Gasteiger partial charge < -0.3 is 23.7 Å². The summed E-state index contributed by atoms with van der Waals surface area (Å²) < 4.78 is 32.3. The van der Waals surface area contributed by atoms with Gasteiger partial charge in [0.1, 0.15) is 23.9 Å². The highest BCUT2D eigenvalue weighted by Crippen LogP contribution is 2.75. The maximum Gasteiger partial charge on any atom is 0.160 e. The maximum atomic E-state index is 6.69. The van der Waals surface area contributed by atoms with Crippen LogP contribution < -0.4 is 0 Å². The molecule has 0 N–H and O–H groups in total. The van der Waals surface area contributed by atoms with E-state index in [4.69, 9.17) is 23.7 Å². The second-order valence-electron chi connectivity index (χ2n) is 15.3. The first-order valence-corrected chi connectivity index (χ1v) is 15.6. The molecule has 3 saturated heterocycles. The predicted molar refractivity (Wildman–Crippen MR) is 148 cm³/mol. The standard InChI is InChI=1S/C34H46O5/c1-20(30-36-18-31(2,3)19-37-30)23-11-12-24-22-13-16-34-29(39-34)26(35-17-21-9-7-6-8-10-21)27-28(38-27)33(34,5)25(22)14-15-32(23,24)4/h6-10,13,16,20,22-30H,11-12,14-15,17-19H2,1-5H3/t20?,22-,23+,24-,25-,26-,27-,28-,29+,32+,33-,34+/m0/s1. The Balaban J connectivity index is 1.01. The first-order chi connectivity index (χ1) is 18.7. The van der Waals surface area contributed by atoms with Crippen molar-refractivity contribution < 1.29 is 23.7 Å². The van der Waals surface area contributed by atoms with Crippen LogP contribution in [0.5, 0.6) is 0 Å². The van der Waals surface area contributed by atoms with E-state index in [-0.39, 0.29) is 47.1 Å². The lowest BCUT2D eigenvalue weighted by Gasteiger charge is -2.57. The summed E-state index contributed by atoms with van der Waals surface area (Å²) in [5.74, 6) is 2.97. The van der Waals surface area contributed by atoms with Crippen LogP contribution in [0.1, 0.15) is 65.9 Å². The zero-order chi connectivity index (χ0) is 26.8. The highest BCUT2D eigenvalue weighted by molar-refractivity contribution is 5.40. The Morgan fingerprint density at radius 3 is 2.49 bits per heavy atom. The van der Waals surface area contributed by atoms with Crippen molar-refractivity contribution >= 4 is 0 Å². The van der Waals surface area contributed by atoms with Gasteiger partial charge in [-0.3, -0.25) is 0 Å². The summed E-state index contributed by atoms with van der Waals surface area (Å²) in [5, 5.41) is 0. The molecule has 3 heterocycles. The molecule has 5 nitrogen and oxygen atoms in total. The van der Waals surface area contributed by atoms with E-state index in [1.807, 2.05) is 0 Å². The van der Waals surface area contributed by atoms with Crippen molar-refractivity contribution in [3.8, 4) is 0 Å². The van der Waals surface area contributed by atoms with Crippen LogP contribution in [0.4, 0.5) is 0 Å². The number of hydrogen-bond acceptors (Lipinski definition) is 5. The van der Waals surface area contributed by atoms with Gasteiger partial charge in [0.15, 0.2) is 6.29 Å². The zero-order valence-electron chi connectivity index (χ0n) is 24.3. The Morgan fingerprint density at radius 2 is 1.72 bits per heavy atom. The van der Waals surface area contributed by atoms with Gasteiger partial charge in [0, 0.05) is 16.7 Å². The number of rotatable bonds is 5. The number of benzene rings is 1. The molecule has 1 spiro atoms. The van der Waals surface area contributed by atoms with Crippen molar-refractivity contribution in [3.05, 3.63) is 48.0 Å². The largest absolute Gasteiger partial charge is 0.368 e. The van der Waals surface area contributed by atoms with Crippen LogP contribution in [0.25, 0.3) is 0 Å². The molecule has 0 aromatic heterocycles. The van der Waals surface area contributed by atoms with Gasteiger partial charge >= 0.3 is 0 Å². The molecule has 212 valence electrons. The molecule has 12 atom stereocenters. The Bertz CT molecular complexity index is 1140. The Kier molecular flexibility index (Phi) is 5.49. The predicted octanol–water partition coefficient (Wildman–Crippen LogP) is 6.16. The van der Waals surface area contributed by atoms with Gasteiger partial charge in [-0.2, -0.15) is 0 Å². The Morgan fingerprint density at radius 1 is 0.949 bits per heavy atom. The van der Waals surface area contributed by atoms with E-state index < -0.39 is 0 Å². The van der Waals surface area contributed by atoms with Crippen LogP contribution in [0.3, 0.4) is 0 Å². The van der Waals surface area contributed by atoms with E-state index >= 15 is 0 Å². The molecular weight excluding hydrogens is 488 g/mol. The SMILES string of the molecule is CC(C1OCC(C)(C)CO1)[C@H]1CC[C@H]2[C@@H]3C=C[C@@]45O[C@@H]4[C@@H](OCc4ccccc4)[C@@H]4O[C@@H]4[C@]5(C)[C@H]3CC[C@]12C. The molecule has 0 amide bonds. The number of fused-ring (bicyclic) bond motifs is 6. The van der Waals surface area contributed by atoms with Gasteiger partial charge in [-0.1, -0.05) is 77.1 Å². The van der Waals surface area contributed by atoms with Crippen molar-refractivity contribution in [1.29, 1.82) is 0 Å². The van der Waals surface area contributed by atoms with E-state index in [1.54, 1.807) is 0 Å². The van der Waals surface area contributed by atoms with Gasteiger partial charge in [0.05, 0.1) is 25.9 Å². The van der Waals surface area contributed by atoms with Crippen molar-refractivity contribution in [1.82, 2.24) is 0 Å². The van der Waals surface area contributed by atoms with E-state index in [9.17, 15) is 0 Å². The van der Waals surface area contributed by atoms with Gasteiger partial charge in [0.2, 0.25) is 0 Å². The van der Waals surface area contributed by atoms with E-state index in [2.05, 4.69) is 77.1 Å². The van der Waals surface area contributed by atoms with E-state index in [0.717, 1.165) is 13.2 Å². The van der Waals surface area contributed by atoms with Crippen molar-refractivity contribution in [2.75, 3.05) is 13.2 Å². The van der Waals surface area contributed by atoms with Crippen LogP contribution in [0.2, 0.25) is 0 Å². The summed E-state index contributed by atoms with van der Waals surface area (Å²) in [5.41, 5.74) is 1.46. The second kappa shape index (κ2) is 8.41. The molecule has 7 aliphatic rings. The molecule has 4 aliphatic carbocycles. The topological polar surface area (TPSA) is 52.8 Å². The van der Waals surface area contributed by atoms with Gasteiger partial charge in [-0.25, -0.2) is 0 Å². The number of hydrogen-bond donors (Lipinski definition) is 0. The molecule has 5 heteroatoms. The molecule has 1 unspecified atom stereocenters. The average Bonchev–Trinajstić information content (AvgIpc) is 3.83. The van der Waals surface area contributed by atoms with E-state index in [0.29, 0.717) is 41.6 Å². The van der Waals surface area contributed by atoms with Crippen LogP contribution >= 0.6 is 0 Å². The zero-order valence-corrected chi connectivity index (χ0v) is 24.3. The first kappa shape index (κ1) is 25.5. The molecule has 8 rings (SSSR count). The third-order valence-electron chi connectivity index (χ3n) is 12.6. The summed E-state index contributed by atoms with van der Waals surface area (Å²) >= 11 is 0. The lowest BCUT2D eigenvalue weighted by molar-refractivity contribution is -0.253. The highest BCUT2D eigenvalue weighted by Gasteiger charge is 2.84. The minimum absolute atomic E-state index is 0.0236. The quantitative estimate of drug-likeness (QED) is 0.335. The number of allylic oxidation sites excluding steroid dienone is 1. The molecule has 1 aromatic rings. The fourth-order valence-electron chi connectivity index (χ4n) is 10.5. The minimum atomic E-state index is -0.219. The summed E-state index contributed by atoms with van der Waals surface area (Å²) in [4.78, 5) is 0. The second-order valence-corrected chi connectivity index (χ2v) is 15.3. The molecule has 0 radical (unpaired) electrons.